The Morgan fingerprint density at radius 3 is 3.05 bits per heavy atom. The van der Waals surface area contributed by atoms with Gasteiger partial charge in [-0.25, -0.2) is 0 Å². The van der Waals surface area contributed by atoms with Gasteiger partial charge in [0.05, 0.1) is 6.20 Å². The maximum Gasteiger partial charge on any atom is 0.206 e. The lowest BCUT2D eigenvalue weighted by Crippen LogP contribution is -1.98. The fourth-order valence-electron chi connectivity index (χ4n) is 1.61. The molecule has 0 fully saturated rings. The summed E-state index contributed by atoms with van der Waals surface area (Å²) in [7, 11) is 1.95. The molecule has 0 spiro atoms. The summed E-state index contributed by atoms with van der Waals surface area (Å²) in [4.78, 5) is 0. The monoisotopic (exact) mass is 297 g/mol. The minimum Gasteiger partial charge on any atom is -0.360 e. The van der Waals surface area contributed by atoms with Crippen molar-refractivity contribution >= 4 is 28.2 Å². The lowest BCUT2D eigenvalue weighted by atomic mass is 10.2. The minimum atomic E-state index is 0.927. The molecule has 7 heteroatoms. The molecule has 0 amide bonds. The predicted octanol–water partition coefficient (Wildman–Crippen LogP) is 2.82. The summed E-state index contributed by atoms with van der Waals surface area (Å²) in [6.45, 7) is 3.10. The molecule has 104 valence electrons. The van der Waals surface area contributed by atoms with Gasteiger partial charge < -0.3 is 5.32 Å². The molecule has 0 radical (unpaired) electrons. The fourth-order valence-corrected chi connectivity index (χ4v) is 3.40. The van der Waals surface area contributed by atoms with E-state index in [4.69, 9.17) is 0 Å². The van der Waals surface area contributed by atoms with E-state index in [0.29, 0.717) is 0 Å². The zero-order valence-electron chi connectivity index (χ0n) is 11.3. The lowest BCUT2D eigenvalue weighted by Gasteiger charge is -1.97. The van der Waals surface area contributed by atoms with Crippen LogP contribution >= 0.6 is 23.1 Å². The summed E-state index contributed by atoms with van der Waals surface area (Å²) in [5, 5.41) is 16.6. The molecule has 19 heavy (non-hydrogen) atoms. The Morgan fingerprint density at radius 1 is 1.42 bits per heavy atom. The van der Waals surface area contributed by atoms with E-state index in [1.807, 2.05) is 17.9 Å². The van der Waals surface area contributed by atoms with Crippen LogP contribution in [0, 0.1) is 0 Å². The summed E-state index contributed by atoms with van der Waals surface area (Å²) < 4.78 is 2.89. The van der Waals surface area contributed by atoms with Crippen molar-refractivity contribution in [1.82, 2.24) is 20.0 Å². The summed E-state index contributed by atoms with van der Waals surface area (Å²) in [6.07, 6.45) is 7.31. The molecular weight excluding hydrogens is 278 g/mol. The molecule has 2 aromatic rings. The van der Waals surface area contributed by atoms with E-state index < -0.39 is 0 Å². The first kappa shape index (κ1) is 14.3. The number of nitrogens with one attached hydrogen (secondary N) is 1. The van der Waals surface area contributed by atoms with Crippen molar-refractivity contribution in [3.63, 3.8) is 0 Å². The maximum atomic E-state index is 4.17. The minimum absolute atomic E-state index is 0.927. The van der Waals surface area contributed by atoms with Crippen LogP contribution in [0.25, 0.3) is 0 Å². The van der Waals surface area contributed by atoms with Gasteiger partial charge in [0, 0.05) is 25.5 Å². The smallest absolute Gasteiger partial charge is 0.206 e. The number of anilines is 1. The largest absolute Gasteiger partial charge is 0.360 e. The number of aryl methyl sites for hydroxylation is 2. The number of rotatable bonds is 8. The van der Waals surface area contributed by atoms with Crippen LogP contribution in [0.1, 0.15) is 25.3 Å². The highest BCUT2D eigenvalue weighted by molar-refractivity contribution is 8.01. The van der Waals surface area contributed by atoms with Crippen molar-refractivity contribution in [2.75, 3.05) is 17.6 Å². The maximum absolute atomic E-state index is 4.17. The van der Waals surface area contributed by atoms with E-state index in [-0.39, 0.29) is 0 Å². The Balaban J connectivity index is 1.66. The Labute approximate surface area is 121 Å². The van der Waals surface area contributed by atoms with Gasteiger partial charge in [-0.05, 0) is 24.8 Å². The topological polar surface area (TPSA) is 55.6 Å². The lowest BCUT2D eigenvalue weighted by molar-refractivity contribution is 0.766. The highest BCUT2D eigenvalue weighted by Gasteiger charge is 2.04. The van der Waals surface area contributed by atoms with Crippen molar-refractivity contribution in [3.8, 4) is 0 Å². The van der Waals surface area contributed by atoms with Gasteiger partial charge in [0.25, 0.3) is 0 Å². The standard InChI is InChI=1S/C12H19N5S2/c1-3-6-13-11-15-16-12(19-11)18-7-4-5-10-8-14-17(2)9-10/h8-9H,3-7H2,1-2H3,(H,13,15). The third-order valence-corrected chi connectivity index (χ3v) is 4.63. The van der Waals surface area contributed by atoms with Crippen LogP contribution in [0.4, 0.5) is 5.13 Å². The van der Waals surface area contributed by atoms with Crippen LogP contribution in [0.15, 0.2) is 16.7 Å². The van der Waals surface area contributed by atoms with Gasteiger partial charge in [0.1, 0.15) is 0 Å². The Kier molecular flexibility index (Phi) is 5.65. The molecule has 0 saturated heterocycles. The molecule has 0 aliphatic carbocycles. The third-order valence-electron chi connectivity index (χ3n) is 2.53. The van der Waals surface area contributed by atoms with Gasteiger partial charge in [-0.3, -0.25) is 4.68 Å². The number of aromatic nitrogens is 4. The van der Waals surface area contributed by atoms with Gasteiger partial charge in [-0.2, -0.15) is 5.10 Å². The second kappa shape index (κ2) is 7.49. The van der Waals surface area contributed by atoms with Crippen molar-refractivity contribution in [2.45, 2.75) is 30.5 Å². The molecule has 0 aliphatic rings. The van der Waals surface area contributed by atoms with Gasteiger partial charge >= 0.3 is 0 Å². The molecule has 0 unspecified atom stereocenters. The van der Waals surface area contributed by atoms with E-state index in [9.17, 15) is 0 Å². The van der Waals surface area contributed by atoms with Crippen LogP contribution in [0.5, 0.6) is 0 Å². The second-order valence-electron chi connectivity index (χ2n) is 4.27. The Morgan fingerprint density at radius 2 is 2.32 bits per heavy atom. The van der Waals surface area contributed by atoms with Crippen LogP contribution < -0.4 is 5.32 Å². The predicted molar refractivity (Wildman–Crippen MR) is 80.9 cm³/mol. The van der Waals surface area contributed by atoms with Crippen molar-refractivity contribution < 1.29 is 0 Å². The third kappa shape index (κ3) is 4.83. The fraction of sp³-hybridized carbons (Fsp3) is 0.583. The molecule has 0 bridgehead atoms. The zero-order valence-corrected chi connectivity index (χ0v) is 12.9. The molecule has 2 aromatic heterocycles. The normalized spacial score (nSPS) is 10.8. The van der Waals surface area contributed by atoms with Crippen LogP contribution in [0.3, 0.4) is 0 Å². The molecule has 0 aliphatic heterocycles. The number of hydrogen-bond donors (Lipinski definition) is 1. The number of nitrogens with zero attached hydrogens (tertiary/aromatic N) is 4. The molecular formula is C12H19N5S2. The van der Waals surface area contributed by atoms with Crippen LogP contribution in [-0.2, 0) is 13.5 Å². The molecule has 0 saturated carbocycles. The van der Waals surface area contributed by atoms with Crippen LogP contribution in [-0.4, -0.2) is 32.3 Å². The van der Waals surface area contributed by atoms with E-state index in [0.717, 1.165) is 41.0 Å². The zero-order chi connectivity index (χ0) is 13.5. The first-order chi connectivity index (χ1) is 9.28. The molecule has 0 atom stereocenters. The number of hydrogen-bond acceptors (Lipinski definition) is 6. The molecule has 2 rings (SSSR count). The van der Waals surface area contributed by atoms with E-state index in [1.165, 1.54) is 5.56 Å². The number of thioether (sulfide) groups is 1. The Bertz CT molecular complexity index is 494. The summed E-state index contributed by atoms with van der Waals surface area (Å²) in [5.41, 5.74) is 1.30. The van der Waals surface area contributed by atoms with E-state index in [2.05, 4.69) is 33.7 Å². The van der Waals surface area contributed by atoms with Gasteiger partial charge in [0.2, 0.25) is 5.13 Å². The summed E-state index contributed by atoms with van der Waals surface area (Å²) in [6, 6.07) is 0. The second-order valence-corrected chi connectivity index (χ2v) is 6.59. The molecule has 1 N–H and O–H groups in total. The highest BCUT2D eigenvalue weighted by atomic mass is 32.2. The molecule has 0 aromatic carbocycles. The van der Waals surface area contributed by atoms with Gasteiger partial charge in [-0.1, -0.05) is 30.0 Å². The average Bonchev–Trinajstić information content (AvgIpc) is 3.01. The summed E-state index contributed by atoms with van der Waals surface area (Å²) >= 11 is 3.41. The van der Waals surface area contributed by atoms with E-state index >= 15 is 0 Å². The van der Waals surface area contributed by atoms with Gasteiger partial charge in [-0.15, -0.1) is 10.2 Å². The van der Waals surface area contributed by atoms with Crippen LogP contribution in [0.2, 0.25) is 0 Å². The quantitative estimate of drug-likeness (QED) is 0.600. The van der Waals surface area contributed by atoms with Crippen molar-refractivity contribution in [2.24, 2.45) is 7.05 Å². The highest BCUT2D eigenvalue weighted by Crippen LogP contribution is 2.26. The molecule has 2 heterocycles. The van der Waals surface area contributed by atoms with Gasteiger partial charge in [0.15, 0.2) is 4.34 Å². The SMILES string of the molecule is CCCNc1nnc(SCCCc2cnn(C)c2)s1. The first-order valence-corrected chi connectivity index (χ1v) is 8.26. The Hall–Kier alpha value is -1.08. The first-order valence-electron chi connectivity index (χ1n) is 6.45. The average molecular weight is 297 g/mol. The van der Waals surface area contributed by atoms with E-state index in [1.54, 1.807) is 23.1 Å². The summed E-state index contributed by atoms with van der Waals surface area (Å²) in [5.74, 6) is 1.07. The van der Waals surface area contributed by atoms with Crippen molar-refractivity contribution in [1.29, 1.82) is 0 Å². The van der Waals surface area contributed by atoms with Crippen molar-refractivity contribution in [3.05, 3.63) is 18.0 Å². The molecule has 5 nitrogen and oxygen atoms in total.